The zero-order valence-corrected chi connectivity index (χ0v) is 15.6. The summed E-state index contributed by atoms with van der Waals surface area (Å²) in [5, 5.41) is 8.54. The summed E-state index contributed by atoms with van der Waals surface area (Å²) in [6, 6.07) is 0. The molecule has 0 aliphatic heterocycles. The summed E-state index contributed by atoms with van der Waals surface area (Å²) >= 11 is 4.60. The number of hydrogen-bond acceptors (Lipinski definition) is 3. The molecule has 0 aromatic carbocycles. The van der Waals surface area contributed by atoms with Gasteiger partial charge in [0.2, 0.25) is 0 Å². The first kappa shape index (κ1) is 22.4. The number of hydrogen-bond donors (Lipinski definition) is 1. The topological polar surface area (TPSA) is 46.5 Å². The Hall–Kier alpha value is -0.640. The predicted octanol–water partition coefficient (Wildman–Crippen LogP) is 6.29. The summed E-state index contributed by atoms with van der Waals surface area (Å²) in [4.78, 5) is 10.4. The first-order chi connectivity index (χ1) is 11.3. The Bertz CT molecular complexity index is 269. The van der Waals surface area contributed by atoms with Gasteiger partial charge in [0.1, 0.15) is 5.55 Å². The fraction of sp³-hybridized carbons (Fsp3) is 0.895. The lowest BCUT2D eigenvalue weighted by Gasteiger charge is -2.03. The smallest absolute Gasteiger partial charge is 0.303 e. The summed E-state index contributed by atoms with van der Waals surface area (Å²) in [6.07, 6.45) is 19.3. The molecule has 0 rings (SSSR count). The molecular weight excluding hydrogens is 308 g/mol. The number of rotatable bonds is 19. The van der Waals surface area contributed by atoms with E-state index in [1.807, 2.05) is 0 Å². The lowest BCUT2D eigenvalue weighted by Crippen LogP contribution is -1.93. The van der Waals surface area contributed by atoms with E-state index in [2.05, 4.69) is 12.2 Å². The van der Waals surface area contributed by atoms with Gasteiger partial charge in [-0.05, 0) is 25.1 Å². The second kappa shape index (κ2) is 19.4. The molecule has 0 aromatic rings. The average Bonchev–Trinajstić information content (AvgIpc) is 2.53. The predicted molar refractivity (Wildman–Crippen MR) is 101 cm³/mol. The van der Waals surface area contributed by atoms with Gasteiger partial charge in [0, 0.05) is 6.42 Å². The van der Waals surface area contributed by atoms with Gasteiger partial charge in [-0.1, -0.05) is 83.5 Å². The molecule has 0 saturated heterocycles. The van der Waals surface area contributed by atoms with Crippen molar-refractivity contribution >= 4 is 23.7 Å². The molecule has 0 aliphatic rings. The molecule has 0 bridgehead atoms. The van der Waals surface area contributed by atoms with Crippen LogP contribution in [0.1, 0.15) is 103 Å². The van der Waals surface area contributed by atoms with E-state index in [1.54, 1.807) is 0 Å². The molecule has 0 heterocycles. The van der Waals surface area contributed by atoms with Crippen LogP contribution >= 0.6 is 12.2 Å². The molecule has 0 aromatic heterocycles. The fourth-order valence-corrected chi connectivity index (χ4v) is 2.90. The molecule has 4 heteroatoms. The van der Waals surface area contributed by atoms with Crippen LogP contribution in [0.3, 0.4) is 0 Å². The van der Waals surface area contributed by atoms with Crippen molar-refractivity contribution in [3.8, 4) is 0 Å². The van der Waals surface area contributed by atoms with E-state index in [0.717, 1.165) is 25.9 Å². The largest absolute Gasteiger partial charge is 0.490 e. The van der Waals surface area contributed by atoms with Crippen molar-refractivity contribution in [2.24, 2.45) is 0 Å². The Morgan fingerprint density at radius 2 is 1.04 bits per heavy atom. The normalized spacial score (nSPS) is 10.6. The first-order valence-corrected chi connectivity index (χ1v) is 10.0. The van der Waals surface area contributed by atoms with Crippen LogP contribution in [0.2, 0.25) is 0 Å². The molecule has 3 nitrogen and oxygen atoms in total. The highest BCUT2D eigenvalue weighted by Crippen LogP contribution is 2.13. The van der Waals surface area contributed by atoms with E-state index in [-0.39, 0.29) is 0 Å². The Morgan fingerprint density at radius 3 is 1.39 bits per heavy atom. The van der Waals surface area contributed by atoms with Crippen molar-refractivity contribution in [3.63, 3.8) is 0 Å². The standard InChI is InChI=1S/C19H36O3S/c20-19(21)16-14-12-10-8-6-4-2-1-3-5-7-9-11-13-15-17-22-18-23/h18H,1-17H2,(H,20,21). The highest BCUT2D eigenvalue weighted by atomic mass is 32.1. The van der Waals surface area contributed by atoms with Crippen LogP contribution in [0.4, 0.5) is 0 Å². The van der Waals surface area contributed by atoms with Gasteiger partial charge in [-0.2, -0.15) is 0 Å². The van der Waals surface area contributed by atoms with E-state index in [4.69, 9.17) is 9.84 Å². The van der Waals surface area contributed by atoms with Crippen LogP contribution < -0.4 is 0 Å². The minimum atomic E-state index is -0.662. The van der Waals surface area contributed by atoms with E-state index < -0.39 is 5.97 Å². The number of carboxylic acids is 1. The molecule has 0 atom stereocenters. The maximum absolute atomic E-state index is 10.4. The Kier molecular flexibility index (Phi) is 18.9. The van der Waals surface area contributed by atoms with Crippen molar-refractivity contribution in [1.82, 2.24) is 0 Å². The van der Waals surface area contributed by atoms with E-state index >= 15 is 0 Å². The summed E-state index contributed by atoms with van der Waals surface area (Å²) in [7, 11) is 0. The molecule has 0 saturated carbocycles. The summed E-state index contributed by atoms with van der Waals surface area (Å²) in [5.74, 6) is -0.662. The van der Waals surface area contributed by atoms with Crippen molar-refractivity contribution in [3.05, 3.63) is 0 Å². The van der Waals surface area contributed by atoms with Crippen molar-refractivity contribution < 1.29 is 14.6 Å². The molecule has 23 heavy (non-hydrogen) atoms. The minimum absolute atomic E-state index is 0.334. The maximum Gasteiger partial charge on any atom is 0.303 e. The molecule has 0 aliphatic carbocycles. The lowest BCUT2D eigenvalue weighted by molar-refractivity contribution is -0.137. The van der Waals surface area contributed by atoms with Gasteiger partial charge < -0.3 is 9.84 Å². The second-order valence-corrected chi connectivity index (χ2v) is 6.61. The van der Waals surface area contributed by atoms with Crippen LogP contribution in [-0.4, -0.2) is 23.2 Å². The van der Waals surface area contributed by atoms with Crippen molar-refractivity contribution in [2.45, 2.75) is 103 Å². The van der Waals surface area contributed by atoms with E-state index in [0.29, 0.717) is 6.42 Å². The van der Waals surface area contributed by atoms with Gasteiger partial charge in [0.05, 0.1) is 6.61 Å². The van der Waals surface area contributed by atoms with Crippen LogP contribution in [-0.2, 0) is 9.53 Å². The first-order valence-electron chi connectivity index (χ1n) is 9.54. The molecular formula is C19H36O3S. The third kappa shape index (κ3) is 21.4. The lowest BCUT2D eigenvalue weighted by atomic mass is 10.0. The molecule has 1 N–H and O–H groups in total. The monoisotopic (exact) mass is 344 g/mol. The second-order valence-electron chi connectivity index (χ2n) is 6.41. The highest BCUT2D eigenvalue weighted by Gasteiger charge is 1.97. The maximum atomic E-state index is 10.4. The zero-order chi connectivity index (χ0) is 17.0. The van der Waals surface area contributed by atoms with Gasteiger partial charge in [0.15, 0.2) is 0 Å². The number of carboxylic acid groups (broad SMARTS) is 1. The van der Waals surface area contributed by atoms with Gasteiger partial charge in [0.25, 0.3) is 0 Å². The van der Waals surface area contributed by atoms with Gasteiger partial charge >= 0.3 is 5.97 Å². The quantitative estimate of drug-likeness (QED) is 0.221. The number of thiocarbonyl (C=S) groups is 1. The third-order valence-corrected chi connectivity index (χ3v) is 4.36. The van der Waals surface area contributed by atoms with Crippen LogP contribution in [0.15, 0.2) is 0 Å². The minimum Gasteiger partial charge on any atom is -0.490 e. The summed E-state index contributed by atoms with van der Waals surface area (Å²) in [5.41, 5.74) is 1.36. The third-order valence-electron chi connectivity index (χ3n) is 4.22. The molecule has 0 unspecified atom stereocenters. The number of carbonyl (C=O) groups is 1. The molecule has 0 radical (unpaired) electrons. The van der Waals surface area contributed by atoms with Crippen LogP contribution in [0.5, 0.6) is 0 Å². The number of ether oxygens (including phenoxy) is 1. The zero-order valence-electron chi connectivity index (χ0n) is 14.8. The number of aliphatic carboxylic acids is 1. The van der Waals surface area contributed by atoms with Crippen LogP contribution in [0.25, 0.3) is 0 Å². The molecule has 0 amide bonds. The van der Waals surface area contributed by atoms with Crippen molar-refractivity contribution in [1.29, 1.82) is 0 Å². The molecule has 0 fully saturated rings. The Morgan fingerprint density at radius 1 is 0.696 bits per heavy atom. The molecule has 136 valence electrons. The van der Waals surface area contributed by atoms with Crippen LogP contribution in [0, 0.1) is 0 Å². The molecule has 0 spiro atoms. The number of unbranched alkanes of at least 4 members (excludes halogenated alkanes) is 14. The fourth-order valence-electron chi connectivity index (χ4n) is 2.81. The average molecular weight is 345 g/mol. The van der Waals surface area contributed by atoms with Gasteiger partial charge in [-0.3, -0.25) is 4.79 Å². The Labute approximate surface area is 148 Å². The van der Waals surface area contributed by atoms with Gasteiger partial charge in [-0.25, -0.2) is 0 Å². The van der Waals surface area contributed by atoms with E-state index in [1.165, 1.54) is 82.6 Å². The summed E-state index contributed by atoms with van der Waals surface area (Å²) in [6.45, 7) is 0.781. The SMILES string of the molecule is O=C(O)CCCCCCCCCCCCCCCCCOC=S. The Balaban J connectivity index is 2.97. The van der Waals surface area contributed by atoms with E-state index in [9.17, 15) is 4.79 Å². The van der Waals surface area contributed by atoms with Gasteiger partial charge in [-0.15, -0.1) is 0 Å². The highest BCUT2D eigenvalue weighted by molar-refractivity contribution is 7.78. The van der Waals surface area contributed by atoms with Crippen molar-refractivity contribution in [2.75, 3.05) is 6.61 Å². The summed E-state index contributed by atoms with van der Waals surface area (Å²) < 4.78 is 5.03.